The van der Waals surface area contributed by atoms with Gasteiger partial charge in [0.25, 0.3) is 0 Å². The fourth-order valence-electron chi connectivity index (χ4n) is 2.43. The number of carbonyl (C=O) groups is 2. The maximum Gasteiger partial charge on any atom is 0.317 e. The first-order chi connectivity index (χ1) is 10.8. The SMILES string of the molecule is CC(C)(C)NC(=O)N1CCN(CC(=O)Nc2ccccc2)CC1. The summed E-state index contributed by atoms with van der Waals surface area (Å²) < 4.78 is 0. The summed E-state index contributed by atoms with van der Waals surface area (Å²) in [4.78, 5) is 28.0. The maximum atomic E-state index is 12.1. The molecule has 2 N–H and O–H groups in total. The van der Waals surface area contributed by atoms with Gasteiger partial charge in [-0.1, -0.05) is 18.2 Å². The van der Waals surface area contributed by atoms with Crippen molar-refractivity contribution in [2.24, 2.45) is 0 Å². The average Bonchev–Trinajstić information content (AvgIpc) is 2.47. The highest BCUT2D eigenvalue weighted by atomic mass is 16.2. The largest absolute Gasteiger partial charge is 0.333 e. The van der Waals surface area contributed by atoms with E-state index in [1.807, 2.05) is 51.1 Å². The first-order valence-electron chi connectivity index (χ1n) is 7.98. The third kappa shape index (κ3) is 5.90. The minimum absolute atomic E-state index is 0.0243. The zero-order chi connectivity index (χ0) is 16.9. The van der Waals surface area contributed by atoms with Crippen molar-refractivity contribution in [1.29, 1.82) is 0 Å². The molecule has 1 fully saturated rings. The quantitative estimate of drug-likeness (QED) is 0.892. The van der Waals surface area contributed by atoms with Gasteiger partial charge in [-0.3, -0.25) is 9.69 Å². The van der Waals surface area contributed by atoms with Crippen molar-refractivity contribution in [2.75, 3.05) is 38.0 Å². The van der Waals surface area contributed by atoms with Crippen molar-refractivity contribution in [3.63, 3.8) is 0 Å². The van der Waals surface area contributed by atoms with E-state index in [4.69, 9.17) is 0 Å². The average molecular weight is 318 g/mol. The molecule has 0 spiro atoms. The molecule has 0 aromatic heterocycles. The fourth-order valence-corrected chi connectivity index (χ4v) is 2.43. The highest BCUT2D eigenvalue weighted by Gasteiger charge is 2.24. The molecule has 23 heavy (non-hydrogen) atoms. The van der Waals surface area contributed by atoms with Gasteiger partial charge < -0.3 is 15.5 Å². The summed E-state index contributed by atoms with van der Waals surface area (Å²) in [5, 5.41) is 5.85. The standard InChI is InChI=1S/C17H26N4O2/c1-17(2,3)19-16(23)21-11-9-20(10-12-21)13-15(22)18-14-7-5-4-6-8-14/h4-8H,9-13H2,1-3H3,(H,18,22)(H,19,23). The number of hydrogen-bond donors (Lipinski definition) is 2. The number of nitrogens with zero attached hydrogens (tertiary/aromatic N) is 2. The van der Waals surface area contributed by atoms with Crippen molar-refractivity contribution >= 4 is 17.6 Å². The van der Waals surface area contributed by atoms with E-state index in [1.165, 1.54) is 0 Å². The van der Waals surface area contributed by atoms with E-state index in [0.717, 1.165) is 5.69 Å². The van der Waals surface area contributed by atoms with Gasteiger partial charge in [0.2, 0.25) is 5.91 Å². The maximum absolute atomic E-state index is 12.1. The number of amides is 3. The van der Waals surface area contributed by atoms with Gasteiger partial charge in [-0.25, -0.2) is 4.79 Å². The lowest BCUT2D eigenvalue weighted by Gasteiger charge is -2.36. The second-order valence-corrected chi connectivity index (χ2v) is 6.86. The smallest absolute Gasteiger partial charge is 0.317 e. The summed E-state index contributed by atoms with van der Waals surface area (Å²) in [7, 11) is 0. The Balaban J connectivity index is 1.74. The molecule has 0 radical (unpaired) electrons. The number of urea groups is 1. The van der Waals surface area contributed by atoms with E-state index >= 15 is 0 Å². The van der Waals surface area contributed by atoms with Crippen molar-refractivity contribution in [2.45, 2.75) is 26.3 Å². The molecule has 2 rings (SSSR count). The third-order valence-corrected chi connectivity index (χ3v) is 3.57. The van der Waals surface area contributed by atoms with Crippen molar-refractivity contribution in [1.82, 2.24) is 15.1 Å². The Hall–Kier alpha value is -2.08. The topological polar surface area (TPSA) is 64.7 Å². The number of rotatable bonds is 3. The first-order valence-corrected chi connectivity index (χ1v) is 7.98. The summed E-state index contributed by atoms with van der Waals surface area (Å²) >= 11 is 0. The van der Waals surface area contributed by atoms with Gasteiger partial charge in [0.05, 0.1) is 6.54 Å². The Morgan fingerprint density at radius 1 is 1.04 bits per heavy atom. The van der Waals surface area contributed by atoms with Crippen LogP contribution in [0.5, 0.6) is 0 Å². The first kappa shape index (κ1) is 17.3. The Morgan fingerprint density at radius 2 is 1.65 bits per heavy atom. The van der Waals surface area contributed by atoms with Crippen LogP contribution in [0, 0.1) is 0 Å². The molecule has 0 atom stereocenters. The zero-order valence-corrected chi connectivity index (χ0v) is 14.1. The fraction of sp³-hybridized carbons (Fsp3) is 0.529. The van der Waals surface area contributed by atoms with Crippen LogP contribution in [0.3, 0.4) is 0 Å². The summed E-state index contributed by atoms with van der Waals surface area (Å²) in [6.45, 7) is 8.95. The number of piperazine rings is 1. The zero-order valence-electron chi connectivity index (χ0n) is 14.1. The molecule has 0 saturated carbocycles. The van der Waals surface area contributed by atoms with Gasteiger partial charge in [-0.2, -0.15) is 0 Å². The number of para-hydroxylation sites is 1. The normalized spacial score (nSPS) is 16.0. The summed E-state index contributed by atoms with van der Waals surface area (Å²) in [5.41, 5.74) is 0.574. The molecule has 126 valence electrons. The van der Waals surface area contributed by atoms with Crippen LogP contribution in [0.1, 0.15) is 20.8 Å². The van der Waals surface area contributed by atoms with E-state index in [-0.39, 0.29) is 17.5 Å². The van der Waals surface area contributed by atoms with Crippen LogP contribution in [0.25, 0.3) is 0 Å². The predicted octanol–water partition coefficient (Wildman–Crippen LogP) is 1.75. The highest BCUT2D eigenvalue weighted by molar-refractivity contribution is 5.92. The minimum Gasteiger partial charge on any atom is -0.333 e. The highest BCUT2D eigenvalue weighted by Crippen LogP contribution is 2.07. The van der Waals surface area contributed by atoms with Crippen LogP contribution in [0.2, 0.25) is 0 Å². The van der Waals surface area contributed by atoms with E-state index in [2.05, 4.69) is 15.5 Å². The molecule has 6 heteroatoms. The number of benzene rings is 1. The van der Waals surface area contributed by atoms with Crippen molar-refractivity contribution < 1.29 is 9.59 Å². The predicted molar refractivity (Wildman–Crippen MR) is 91.4 cm³/mol. The van der Waals surface area contributed by atoms with Gasteiger partial charge in [0.15, 0.2) is 0 Å². The van der Waals surface area contributed by atoms with Crippen LogP contribution in [0.4, 0.5) is 10.5 Å². The third-order valence-electron chi connectivity index (χ3n) is 3.57. The van der Waals surface area contributed by atoms with Gasteiger partial charge in [0.1, 0.15) is 0 Å². The molecule has 1 aromatic carbocycles. The van der Waals surface area contributed by atoms with Crippen LogP contribution < -0.4 is 10.6 Å². The number of carbonyl (C=O) groups excluding carboxylic acids is 2. The van der Waals surface area contributed by atoms with Crippen LogP contribution >= 0.6 is 0 Å². The minimum atomic E-state index is -0.232. The lowest BCUT2D eigenvalue weighted by atomic mass is 10.1. The molecular weight excluding hydrogens is 292 g/mol. The Kier molecular flexibility index (Phi) is 5.60. The summed E-state index contributed by atoms with van der Waals surface area (Å²) in [5.74, 6) is -0.0243. The van der Waals surface area contributed by atoms with Gasteiger partial charge >= 0.3 is 6.03 Å². The van der Waals surface area contributed by atoms with Gasteiger partial charge in [-0.05, 0) is 32.9 Å². The lowest BCUT2D eigenvalue weighted by molar-refractivity contribution is -0.117. The molecule has 3 amide bonds. The van der Waals surface area contributed by atoms with Crippen molar-refractivity contribution in [3.05, 3.63) is 30.3 Å². The molecule has 1 aliphatic heterocycles. The Bertz CT molecular complexity index is 531. The van der Waals surface area contributed by atoms with Crippen LogP contribution in [-0.2, 0) is 4.79 Å². The van der Waals surface area contributed by atoms with E-state index in [9.17, 15) is 9.59 Å². The molecule has 1 aliphatic rings. The molecule has 1 heterocycles. The Labute approximate surface area is 137 Å². The molecule has 1 saturated heterocycles. The molecule has 6 nitrogen and oxygen atoms in total. The van der Waals surface area contributed by atoms with E-state index in [0.29, 0.717) is 32.7 Å². The van der Waals surface area contributed by atoms with Gasteiger partial charge in [-0.15, -0.1) is 0 Å². The Morgan fingerprint density at radius 3 is 2.22 bits per heavy atom. The van der Waals surface area contributed by atoms with Gasteiger partial charge in [0, 0.05) is 37.4 Å². The number of nitrogens with one attached hydrogen (secondary N) is 2. The monoisotopic (exact) mass is 318 g/mol. The molecule has 1 aromatic rings. The van der Waals surface area contributed by atoms with Crippen LogP contribution in [-0.4, -0.2) is 60.0 Å². The second kappa shape index (κ2) is 7.46. The number of hydrogen-bond acceptors (Lipinski definition) is 3. The molecule has 0 aliphatic carbocycles. The lowest BCUT2D eigenvalue weighted by Crippen LogP contribution is -2.55. The molecule has 0 unspecified atom stereocenters. The van der Waals surface area contributed by atoms with Crippen molar-refractivity contribution in [3.8, 4) is 0 Å². The van der Waals surface area contributed by atoms with E-state index < -0.39 is 0 Å². The second-order valence-electron chi connectivity index (χ2n) is 6.86. The summed E-state index contributed by atoms with van der Waals surface area (Å²) in [6, 6.07) is 9.40. The number of anilines is 1. The molecular formula is C17H26N4O2. The van der Waals surface area contributed by atoms with E-state index in [1.54, 1.807) is 4.90 Å². The molecule has 0 bridgehead atoms. The van der Waals surface area contributed by atoms with Crippen LogP contribution in [0.15, 0.2) is 30.3 Å². The summed E-state index contributed by atoms with van der Waals surface area (Å²) in [6.07, 6.45) is 0.